The number of carbonyl (C=O) groups is 2. The zero-order valence-electron chi connectivity index (χ0n) is 22.5. The summed E-state index contributed by atoms with van der Waals surface area (Å²) in [6.07, 6.45) is 4.03. The Hall–Kier alpha value is -4.66. The van der Waals surface area contributed by atoms with Gasteiger partial charge in [-0.25, -0.2) is 0 Å². The van der Waals surface area contributed by atoms with E-state index in [-0.39, 0.29) is 11.8 Å². The lowest BCUT2D eigenvalue weighted by Gasteiger charge is -2.10. The van der Waals surface area contributed by atoms with Crippen molar-refractivity contribution in [1.29, 1.82) is 0 Å². The van der Waals surface area contributed by atoms with Gasteiger partial charge in [0.1, 0.15) is 0 Å². The first kappa shape index (κ1) is 27.5. The van der Waals surface area contributed by atoms with E-state index in [4.69, 9.17) is 0 Å². The summed E-state index contributed by atoms with van der Waals surface area (Å²) in [5, 5.41) is 7.82. The molecule has 0 radical (unpaired) electrons. The van der Waals surface area contributed by atoms with Crippen LogP contribution in [0.5, 0.6) is 0 Å². The van der Waals surface area contributed by atoms with Crippen molar-refractivity contribution in [3.8, 4) is 0 Å². The second kappa shape index (κ2) is 12.9. The summed E-state index contributed by atoms with van der Waals surface area (Å²) in [6, 6.07) is 35.3. The quantitative estimate of drug-likeness (QED) is 0.167. The molecule has 0 fully saturated rings. The van der Waals surface area contributed by atoms with Crippen molar-refractivity contribution in [2.24, 2.45) is 0 Å². The Morgan fingerprint density at radius 1 is 0.548 bits per heavy atom. The van der Waals surface area contributed by atoms with E-state index in [0.717, 1.165) is 42.7 Å². The van der Waals surface area contributed by atoms with Crippen molar-refractivity contribution in [1.82, 2.24) is 9.97 Å². The third-order valence-corrected chi connectivity index (χ3v) is 8.98. The summed E-state index contributed by atoms with van der Waals surface area (Å²) in [5.74, 6) is -0.156. The maximum absolute atomic E-state index is 12.5. The average molecular weight is 587 g/mol. The second-order valence-corrected chi connectivity index (χ2v) is 11.9. The maximum atomic E-state index is 12.5. The fourth-order valence-electron chi connectivity index (χ4n) is 4.60. The Labute approximate surface area is 251 Å². The van der Waals surface area contributed by atoms with E-state index in [1.807, 2.05) is 109 Å². The van der Waals surface area contributed by atoms with E-state index in [0.29, 0.717) is 24.2 Å². The third kappa shape index (κ3) is 6.79. The van der Waals surface area contributed by atoms with Gasteiger partial charge < -0.3 is 10.6 Å². The van der Waals surface area contributed by atoms with Gasteiger partial charge in [-0.05, 0) is 35.4 Å². The number of aromatic nitrogens is 2. The molecular weight excluding hydrogens is 561 g/mol. The van der Waals surface area contributed by atoms with Crippen molar-refractivity contribution in [2.45, 2.75) is 22.6 Å². The highest BCUT2D eigenvalue weighted by atomic mass is 33.1. The fraction of sp³-hybridized carbons (Fsp3) is 0.0588. The average Bonchev–Trinajstić information content (AvgIpc) is 3.00. The molecule has 0 bridgehead atoms. The summed E-state index contributed by atoms with van der Waals surface area (Å²) in [7, 11) is 3.23. The van der Waals surface area contributed by atoms with Gasteiger partial charge in [-0.1, -0.05) is 107 Å². The first-order valence-corrected chi connectivity index (χ1v) is 15.6. The first-order valence-electron chi connectivity index (χ1n) is 13.4. The molecule has 0 saturated carbocycles. The topological polar surface area (TPSA) is 84.0 Å². The van der Waals surface area contributed by atoms with E-state index in [9.17, 15) is 9.59 Å². The van der Waals surface area contributed by atoms with Crippen LogP contribution < -0.4 is 10.6 Å². The van der Waals surface area contributed by atoms with Crippen molar-refractivity contribution >= 4 is 66.6 Å². The van der Waals surface area contributed by atoms with Crippen LogP contribution in [0.25, 0.3) is 21.8 Å². The van der Waals surface area contributed by atoms with Crippen molar-refractivity contribution in [3.63, 3.8) is 0 Å². The monoisotopic (exact) mass is 586 g/mol. The highest BCUT2D eigenvalue weighted by molar-refractivity contribution is 8.76. The van der Waals surface area contributed by atoms with Crippen molar-refractivity contribution < 1.29 is 9.59 Å². The summed E-state index contributed by atoms with van der Waals surface area (Å²) in [6.45, 7) is 0. The minimum Gasteiger partial charge on any atom is -0.324 e. The molecular formula is C34H26N4O2S2. The van der Waals surface area contributed by atoms with Crippen LogP contribution in [0.1, 0.15) is 11.1 Å². The molecule has 8 heteroatoms. The zero-order valence-corrected chi connectivity index (χ0v) is 24.1. The molecule has 4 aromatic carbocycles. The Balaban J connectivity index is 1.13. The van der Waals surface area contributed by atoms with Crippen LogP contribution in [0.3, 0.4) is 0 Å². The number of anilines is 2. The lowest BCUT2D eigenvalue weighted by atomic mass is 10.1. The van der Waals surface area contributed by atoms with Crippen LogP contribution in [0, 0.1) is 0 Å². The van der Waals surface area contributed by atoms with E-state index in [1.165, 1.54) is 0 Å². The zero-order chi connectivity index (χ0) is 28.7. The Morgan fingerprint density at radius 2 is 0.976 bits per heavy atom. The summed E-state index contributed by atoms with van der Waals surface area (Å²) >= 11 is 0. The molecule has 0 unspecified atom stereocenters. The summed E-state index contributed by atoms with van der Waals surface area (Å²) in [4.78, 5) is 36.4. The van der Waals surface area contributed by atoms with Gasteiger partial charge in [-0.15, -0.1) is 0 Å². The van der Waals surface area contributed by atoms with Crippen molar-refractivity contribution in [3.05, 3.63) is 133 Å². The number of fused-ring (bicyclic) bond motifs is 2. The SMILES string of the molecule is O=C(Cc1ccccc1)Nc1cnc2c(SSc3cccc4cc(NC(=O)Cc5ccccc5)cnc34)cccc2c1. The number of nitrogens with zero attached hydrogens (tertiary/aromatic N) is 2. The van der Waals surface area contributed by atoms with Crippen LogP contribution in [-0.4, -0.2) is 21.8 Å². The van der Waals surface area contributed by atoms with Gasteiger partial charge in [0.15, 0.2) is 0 Å². The number of pyridine rings is 2. The normalized spacial score (nSPS) is 11.0. The van der Waals surface area contributed by atoms with Crippen molar-refractivity contribution in [2.75, 3.05) is 10.6 Å². The van der Waals surface area contributed by atoms with Crippen LogP contribution in [0.2, 0.25) is 0 Å². The molecule has 2 aromatic heterocycles. The van der Waals surface area contributed by atoms with Gasteiger partial charge >= 0.3 is 0 Å². The van der Waals surface area contributed by atoms with Gasteiger partial charge in [0.2, 0.25) is 11.8 Å². The van der Waals surface area contributed by atoms with E-state index in [2.05, 4.69) is 20.6 Å². The number of amides is 2. The van der Waals surface area contributed by atoms with Crippen LogP contribution in [-0.2, 0) is 22.4 Å². The molecule has 0 saturated heterocycles. The first-order chi connectivity index (χ1) is 20.6. The Bertz CT molecular complexity index is 1740. The number of hydrogen-bond donors (Lipinski definition) is 2. The van der Waals surface area contributed by atoms with Gasteiger partial charge in [-0.3, -0.25) is 19.6 Å². The smallest absolute Gasteiger partial charge is 0.228 e. The van der Waals surface area contributed by atoms with Gasteiger partial charge in [-0.2, -0.15) is 0 Å². The number of para-hydroxylation sites is 2. The summed E-state index contributed by atoms with van der Waals surface area (Å²) < 4.78 is 0. The maximum Gasteiger partial charge on any atom is 0.228 e. The molecule has 0 spiro atoms. The fourth-order valence-corrected chi connectivity index (χ4v) is 6.89. The molecule has 0 aliphatic heterocycles. The third-order valence-electron chi connectivity index (χ3n) is 6.55. The van der Waals surface area contributed by atoms with E-state index >= 15 is 0 Å². The molecule has 6 rings (SSSR count). The predicted octanol–water partition coefficient (Wildman–Crippen LogP) is 7.94. The van der Waals surface area contributed by atoms with Gasteiger partial charge in [0.25, 0.3) is 0 Å². The number of carbonyl (C=O) groups excluding carboxylic acids is 2. The lowest BCUT2D eigenvalue weighted by molar-refractivity contribution is -0.116. The molecule has 206 valence electrons. The molecule has 6 nitrogen and oxygen atoms in total. The number of benzene rings is 4. The largest absolute Gasteiger partial charge is 0.324 e. The Kier molecular flexibility index (Phi) is 8.44. The van der Waals surface area contributed by atoms with Gasteiger partial charge in [0, 0.05) is 20.6 Å². The molecule has 42 heavy (non-hydrogen) atoms. The predicted molar refractivity (Wildman–Crippen MR) is 173 cm³/mol. The molecule has 0 aliphatic carbocycles. The highest BCUT2D eigenvalue weighted by Crippen LogP contribution is 2.42. The highest BCUT2D eigenvalue weighted by Gasteiger charge is 2.11. The molecule has 0 atom stereocenters. The summed E-state index contributed by atoms with van der Waals surface area (Å²) in [5.41, 5.74) is 5.00. The molecule has 0 aliphatic rings. The van der Waals surface area contributed by atoms with Crippen LogP contribution in [0.4, 0.5) is 11.4 Å². The van der Waals surface area contributed by atoms with Crippen LogP contribution >= 0.6 is 21.6 Å². The van der Waals surface area contributed by atoms with E-state index in [1.54, 1.807) is 34.0 Å². The van der Waals surface area contributed by atoms with Gasteiger partial charge in [0.05, 0.1) is 47.6 Å². The number of hydrogen-bond acceptors (Lipinski definition) is 6. The lowest BCUT2D eigenvalue weighted by Crippen LogP contribution is -2.14. The van der Waals surface area contributed by atoms with E-state index < -0.39 is 0 Å². The Morgan fingerprint density at radius 3 is 1.40 bits per heavy atom. The molecule has 6 aromatic rings. The van der Waals surface area contributed by atoms with Crippen LogP contribution in [0.15, 0.2) is 131 Å². The number of rotatable bonds is 9. The number of nitrogens with one attached hydrogen (secondary N) is 2. The molecule has 2 N–H and O–H groups in total. The second-order valence-electron chi connectivity index (χ2n) is 9.69. The molecule has 2 heterocycles. The molecule has 2 amide bonds. The minimum atomic E-state index is -0.0780. The minimum absolute atomic E-state index is 0.0780. The standard InChI is InChI=1S/C34H26N4O2S2/c39-31(17-23-9-3-1-4-10-23)37-27-19-25-13-7-15-29(33(25)35-21-27)41-42-30-16-8-14-26-20-28(22-36-34(26)30)38-32(40)18-24-11-5-2-6-12-24/h1-16,19-22H,17-18H2,(H,37,39)(H,38,40).